The number of anilines is 1. The topological polar surface area (TPSA) is 88.4 Å². The van der Waals surface area contributed by atoms with Gasteiger partial charge in [0.2, 0.25) is 0 Å². The van der Waals surface area contributed by atoms with E-state index in [-0.39, 0.29) is 17.7 Å². The van der Waals surface area contributed by atoms with E-state index in [1.54, 1.807) is 24.5 Å². The maximum Gasteiger partial charge on any atom is 0.307 e. The lowest BCUT2D eigenvalue weighted by Crippen LogP contribution is -2.38. The number of hydrogen-bond donors (Lipinski definition) is 1. The summed E-state index contributed by atoms with van der Waals surface area (Å²) < 4.78 is 19.0. The number of carboxylic acids is 1. The molecule has 1 aliphatic heterocycles. The van der Waals surface area contributed by atoms with E-state index in [4.69, 9.17) is 9.72 Å². The van der Waals surface area contributed by atoms with Gasteiger partial charge in [0.25, 0.3) is 0 Å². The van der Waals surface area contributed by atoms with E-state index in [2.05, 4.69) is 28.7 Å². The van der Waals surface area contributed by atoms with Gasteiger partial charge < -0.3 is 14.7 Å². The minimum absolute atomic E-state index is 0.106. The Morgan fingerprint density at radius 1 is 1.08 bits per heavy atom. The van der Waals surface area contributed by atoms with Crippen molar-refractivity contribution in [3.8, 4) is 17.1 Å². The van der Waals surface area contributed by atoms with Gasteiger partial charge in [-0.2, -0.15) is 0 Å². The SMILES string of the molecule is Cc1nc(-c2cnc(C)c(CC(=O)O)c2N2CCC(C)(C)CC2)ncc1OCCc1ccc(F)cc1. The van der Waals surface area contributed by atoms with E-state index in [0.717, 1.165) is 42.7 Å². The Bertz CT molecular complexity index is 1230. The lowest BCUT2D eigenvalue weighted by Gasteiger charge is -2.39. The first-order chi connectivity index (χ1) is 17.1. The van der Waals surface area contributed by atoms with Gasteiger partial charge in [-0.3, -0.25) is 9.78 Å². The second-order valence-corrected chi connectivity index (χ2v) is 10.2. The maximum absolute atomic E-state index is 13.1. The number of hydrogen-bond acceptors (Lipinski definition) is 6. The van der Waals surface area contributed by atoms with E-state index in [0.29, 0.717) is 41.6 Å². The number of ether oxygens (including phenoxy) is 1. The van der Waals surface area contributed by atoms with Crippen LogP contribution in [0.5, 0.6) is 5.75 Å². The Balaban J connectivity index is 1.61. The van der Waals surface area contributed by atoms with Crippen molar-refractivity contribution >= 4 is 11.7 Å². The summed E-state index contributed by atoms with van der Waals surface area (Å²) >= 11 is 0. The molecule has 1 N–H and O–H groups in total. The standard InChI is InChI=1S/C28H33FN4O3/c1-18-22(15-25(34)35)26(33-12-10-28(3,4)11-13-33)23(16-30-18)27-31-17-24(19(2)32-27)36-14-9-20-5-7-21(29)8-6-20/h5-8,16-17H,9-15H2,1-4H3,(H,34,35). The van der Waals surface area contributed by atoms with Crippen LogP contribution in [0.25, 0.3) is 11.4 Å². The van der Waals surface area contributed by atoms with Crippen LogP contribution in [-0.4, -0.2) is 45.7 Å². The lowest BCUT2D eigenvalue weighted by atomic mass is 9.82. The summed E-state index contributed by atoms with van der Waals surface area (Å²) in [4.78, 5) is 27.8. The van der Waals surface area contributed by atoms with Crippen LogP contribution >= 0.6 is 0 Å². The minimum Gasteiger partial charge on any atom is -0.490 e. The zero-order valence-electron chi connectivity index (χ0n) is 21.3. The summed E-state index contributed by atoms with van der Waals surface area (Å²) in [5.74, 6) is -0.0767. The van der Waals surface area contributed by atoms with Crippen LogP contribution < -0.4 is 9.64 Å². The summed E-state index contributed by atoms with van der Waals surface area (Å²) in [7, 11) is 0. The lowest BCUT2D eigenvalue weighted by molar-refractivity contribution is -0.136. The summed E-state index contributed by atoms with van der Waals surface area (Å²) in [6, 6.07) is 6.36. The fourth-order valence-corrected chi connectivity index (χ4v) is 4.52. The molecular weight excluding hydrogens is 459 g/mol. The van der Waals surface area contributed by atoms with Crippen molar-refractivity contribution in [1.82, 2.24) is 15.0 Å². The summed E-state index contributed by atoms with van der Waals surface area (Å²) in [6.45, 7) is 10.3. The Morgan fingerprint density at radius 2 is 1.78 bits per heavy atom. The predicted octanol–water partition coefficient (Wildman–Crippen LogP) is 5.17. The molecule has 2 aromatic heterocycles. The first-order valence-corrected chi connectivity index (χ1v) is 12.3. The number of carboxylic acid groups (broad SMARTS) is 1. The Hall–Kier alpha value is -3.55. The molecule has 3 heterocycles. The maximum atomic E-state index is 13.1. The highest BCUT2D eigenvalue weighted by Crippen LogP contribution is 2.39. The van der Waals surface area contributed by atoms with Crippen molar-refractivity contribution in [1.29, 1.82) is 0 Å². The van der Waals surface area contributed by atoms with Crippen LogP contribution in [0.3, 0.4) is 0 Å². The number of aryl methyl sites for hydroxylation is 2. The van der Waals surface area contributed by atoms with Gasteiger partial charge in [-0.1, -0.05) is 26.0 Å². The Morgan fingerprint density at radius 3 is 2.42 bits per heavy atom. The van der Waals surface area contributed by atoms with E-state index >= 15 is 0 Å². The number of rotatable bonds is 8. The molecule has 0 unspecified atom stereocenters. The molecule has 0 aliphatic carbocycles. The van der Waals surface area contributed by atoms with Gasteiger partial charge in [0.1, 0.15) is 5.82 Å². The van der Waals surface area contributed by atoms with Gasteiger partial charge in [-0.15, -0.1) is 0 Å². The number of aromatic nitrogens is 3. The molecule has 190 valence electrons. The molecule has 7 nitrogen and oxygen atoms in total. The van der Waals surface area contributed by atoms with Crippen molar-refractivity contribution in [3.63, 3.8) is 0 Å². The highest BCUT2D eigenvalue weighted by molar-refractivity contribution is 5.82. The van der Waals surface area contributed by atoms with Crippen LogP contribution in [0, 0.1) is 25.1 Å². The van der Waals surface area contributed by atoms with Crippen LogP contribution in [0.4, 0.5) is 10.1 Å². The fraction of sp³-hybridized carbons (Fsp3) is 0.429. The Kier molecular flexibility index (Phi) is 7.52. The number of carbonyl (C=O) groups is 1. The van der Waals surface area contributed by atoms with Crippen molar-refractivity contribution in [2.75, 3.05) is 24.6 Å². The third-order valence-corrected chi connectivity index (χ3v) is 6.86. The molecule has 3 aromatic rings. The third kappa shape index (κ3) is 5.98. The van der Waals surface area contributed by atoms with Gasteiger partial charge in [0.05, 0.1) is 36.2 Å². The number of pyridine rings is 1. The van der Waals surface area contributed by atoms with Crippen LogP contribution in [-0.2, 0) is 17.6 Å². The number of aliphatic carboxylic acids is 1. The quantitative estimate of drug-likeness (QED) is 0.464. The molecule has 0 spiro atoms. The van der Waals surface area contributed by atoms with Gasteiger partial charge >= 0.3 is 5.97 Å². The Labute approximate surface area is 211 Å². The molecule has 0 radical (unpaired) electrons. The zero-order valence-corrected chi connectivity index (χ0v) is 21.3. The van der Waals surface area contributed by atoms with Crippen LogP contribution in [0.15, 0.2) is 36.7 Å². The van der Waals surface area contributed by atoms with Crippen molar-refractivity contribution in [2.45, 2.75) is 53.4 Å². The molecule has 4 rings (SSSR count). The molecule has 0 atom stereocenters. The number of benzene rings is 1. The first kappa shape index (κ1) is 25.5. The van der Waals surface area contributed by atoms with E-state index < -0.39 is 5.97 Å². The smallest absolute Gasteiger partial charge is 0.307 e. The van der Waals surface area contributed by atoms with Gasteiger partial charge in [-0.25, -0.2) is 14.4 Å². The largest absolute Gasteiger partial charge is 0.490 e. The average Bonchev–Trinajstić information content (AvgIpc) is 2.82. The van der Waals surface area contributed by atoms with Crippen molar-refractivity contribution < 1.29 is 19.0 Å². The van der Waals surface area contributed by atoms with E-state index in [1.165, 1.54) is 12.1 Å². The van der Waals surface area contributed by atoms with Gasteiger partial charge in [0, 0.05) is 37.0 Å². The molecule has 0 bridgehead atoms. The van der Waals surface area contributed by atoms with E-state index in [9.17, 15) is 14.3 Å². The second-order valence-electron chi connectivity index (χ2n) is 10.2. The summed E-state index contributed by atoms with van der Waals surface area (Å²) in [6.07, 6.45) is 5.96. The number of piperidine rings is 1. The molecule has 0 saturated carbocycles. The minimum atomic E-state index is -0.891. The average molecular weight is 493 g/mol. The molecule has 8 heteroatoms. The van der Waals surface area contributed by atoms with Crippen molar-refractivity contribution in [2.24, 2.45) is 5.41 Å². The number of nitrogens with zero attached hydrogens (tertiary/aromatic N) is 4. The molecule has 0 amide bonds. The molecular formula is C28H33FN4O3. The van der Waals surface area contributed by atoms with E-state index in [1.807, 2.05) is 13.8 Å². The normalized spacial score (nSPS) is 15.1. The van der Waals surface area contributed by atoms with Crippen LogP contribution in [0.2, 0.25) is 0 Å². The summed E-state index contributed by atoms with van der Waals surface area (Å²) in [5, 5.41) is 9.60. The summed E-state index contributed by atoms with van der Waals surface area (Å²) in [5.41, 5.74) is 4.94. The first-order valence-electron chi connectivity index (χ1n) is 12.3. The molecule has 36 heavy (non-hydrogen) atoms. The monoisotopic (exact) mass is 492 g/mol. The van der Waals surface area contributed by atoms with Gasteiger partial charge in [-0.05, 0) is 49.8 Å². The van der Waals surface area contributed by atoms with Crippen molar-refractivity contribution in [3.05, 3.63) is 65.0 Å². The number of halogens is 1. The second kappa shape index (κ2) is 10.6. The molecule has 1 aliphatic rings. The highest BCUT2D eigenvalue weighted by Gasteiger charge is 2.30. The molecule has 1 fully saturated rings. The fourth-order valence-electron chi connectivity index (χ4n) is 4.52. The predicted molar refractivity (Wildman–Crippen MR) is 137 cm³/mol. The highest BCUT2D eigenvalue weighted by atomic mass is 19.1. The van der Waals surface area contributed by atoms with Crippen LogP contribution in [0.1, 0.15) is 49.2 Å². The zero-order chi connectivity index (χ0) is 25.9. The van der Waals surface area contributed by atoms with Gasteiger partial charge in [0.15, 0.2) is 11.6 Å². The molecule has 1 saturated heterocycles. The molecule has 1 aromatic carbocycles. The third-order valence-electron chi connectivity index (χ3n) is 6.86.